The molecule has 4 N–H and O–H groups in total. The van der Waals surface area contributed by atoms with Gasteiger partial charge in [-0.15, -0.1) is 0 Å². The molecule has 108 valence electrons. The Hall–Kier alpha value is 1.32. The highest BCUT2D eigenvalue weighted by Crippen LogP contribution is 2.06. The summed E-state index contributed by atoms with van der Waals surface area (Å²) >= 11 is 8.50. The first-order valence-corrected chi connectivity index (χ1v) is 11.6. The second kappa shape index (κ2) is 14.7. The molecule has 1 rings (SSSR count). The zero-order valence-electron chi connectivity index (χ0n) is 11.3. The van der Waals surface area contributed by atoms with Crippen LogP contribution in [0.5, 0.6) is 0 Å². The Morgan fingerprint density at radius 3 is 0.944 bits per heavy atom. The minimum Gasteiger partial charge on any atom is -0.345 e. The first-order chi connectivity index (χ1) is 9.00. The molecule has 1 fully saturated rings. The van der Waals surface area contributed by atoms with Gasteiger partial charge in [0.2, 0.25) is 0 Å². The molecular weight excluding hydrogens is 300 g/mol. The van der Waals surface area contributed by atoms with Gasteiger partial charge < -0.3 is 10.6 Å². The van der Waals surface area contributed by atoms with Gasteiger partial charge in [-0.05, 0) is 0 Å². The van der Waals surface area contributed by atoms with E-state index in [9.17, 15) is 0 Å². The molecule has 0 saturated carbocycles. The lowest BCUT2D eigenvalue weighted by atomic mass is 10.7. The van der Waals surface area contributed by atoms with Crippen LogP contribution in [0.15, 0.2) is 0 Å². The summed E-state index contributed by atoms with van der Waals surface area (Å²) in [4.78, 5) is 0. The zero-order valence-corrected chi connectivity index (χ0v) is 14.5. The summed E-state index contributed by atoms with van der Waals surface area (Å²) in [5.74, 6) is 10.7. The highest BCUT2D eigenvalue weighted by molar-refractivity contribution is 8.03. The normalized spacial score (nSPS) is 24.0. The molecule has 0 atom stereocenters. The summed E-state index contributed by atoms with van der Waals surface area (Å²) in [7, 11) is 0. The summed E-state index contributed by atoms with van der Waals surface area (Å²) in [6.45, 7) is 5.22. The molecule has 0 amide bonds. The lowest BCUT2D eigenvalue weighted by molar-refractivity contribution is -0.646. The second-order valence-corrected chi connectivity index (χ2v) is 9.08. The van der Waals surface area contributed by atoms with E-state index in [0.29, 0.717) is 0 Å². The Morgan fingerprint density at radius 1 is 0.389 bits per heavy atom. The minimum atomic E-state index is 1.30. The molecule has 1 saturated heterocycles. The smallest absolute Gasteiger partial charge is 0.0847 e. The third-order valence-corrected chi connectivity index (χ3v) is 7.19. The minimum absolute atomic E-state index is 1.30. The predicted octanol–water partition coefficient (Wildman–Crippen LogP) is 0.0596. The fourth-order valence-corrected chi connectivity index (χ4v) is 5.63. The Bertz CT molecular complexity index is 97.1. The van der Waals surface area contributed by atoms with E-state index in [1.165, 1.54) is 72.2 Å². The molecule has 18 heavy (non-hydrogen) atoms. The Morgan fingerprint density at radius 2 is 0.667 bits per heavy atom. The Labute approximate surface area is 129 Å². The van der Waals surface area contributed by atoms with Gasteiger partial charge in [0, 0.05) is 46.0 Å². The molecule has 0 spiro atoms. The monoisotopic (exact) mass is 328 g/mol. The van der Waals surface area contributed by atoms with Crippen LogP contribution in [0.4, 0.5) is 0 Å². The maximum atomic E-state index is 2.48. The highest BCUT2D eigenvalue weighted by Gasteiger charge is 1.98. The van der Waals surface area contributed by atoms with E-state index in [0.717, 1.165) is 0 Å². The molecule has 0 aliphatic carbocycles. The zero-order chi connectivity index (χ0) is 12.7. The summed E-state index contributed by atoms with van der Waals surface area (Å²) < 4.78 is 0. The van der Waals surface area contributed by atoms with Gasteiger partial charge in [-0.2, -0.15) is 47.0 Å². The van der Waals surface area contributed by atoms with Crippen LogP contribution in [0.2, 0.25) is 0 Å². The average Bonchev–Trinajstić information content (AvgIpc) is 2.39. The molecule has 1 aliphatic heterocycles. The predicted molar refractivity (Wildman–Crippen MR) is 92.6 cm³/mol. The maximum Gasteiger partial charge on any atom is 0.0847 e. The summed E-state index contributed by atoms with van der Waals surface area (Å²) in [6, 6.07) is 0. The second-order valence-electron chi connectivity index (χ2n) is 4.18. The first-order valence-electron chi connectivity index (χ1n) is 6.94. The van der Waals surface area contributed by atoms with Crippen LogP contribution in [-0.2, 0) is 0 Å². The van der Waals surface area contributed by atoms with Crippen molar-refractivity contribution in [1.82, 2.24) is 0 Å². The summed E-state index contributed by atoms with van der Waals surface area (Å²) in [5, 5.41) is 4.97. The van der Waals surface area contributed by atoms with Crippen LogP contribution >= 0.6 is 47.0 Å². The molecule has 6 heteroatoms. The van der Waals surface area contributed by atoms with Gasteiger partial charge in [-0.1, -0.05) is 0 Å². The standard InChI is InChI=1S/C12H26N2S4/c1-5-15-9-10-17-7-3-14-4-8-18-12-11-16-6-2-13-1/h13-14H,1-12H2/p+2. The van der Waals surface area contributed by atoms with Gasteiger partial charge >= 0.3 is 0 Å². The number of thioether (sulfide) groups is 4. The number of quaternary nitrogens is 2. The van der Waals surface area contributed by atoms with Crippen molar-refractivity contribution in [3.63, 3.8) is 0 Å². The van der Waals surface area contributed by atoms with E-state index in [1.807, 2.05) is 0 Å². The van der Waals surface area contributed by atoms with Crippen molar-refractivity contribution >= 4 is 47.0 Å². The van der Waals surface area contributed by atoms with Gasteiger partial charge in [0.05, 0.1) is 26.2 Å². The fourth-order valence-electron chi connectivity index (χ4n) is 1.60. The van der Waals surface area contributed by atoms with Gasteiger partial charge in [-0.3, -0.25) is 0 Å². The molecule has 1 heterocycles. The molecule has 0 aromatic rings. The molecule has 2 nitrogen and oxygen atoms in total. The number of nitrogens with two attached hydrogens (primary N) is 2. The van der Waals surface area contributed by atoms with E-state index in [1.54, 1.807) is 0 Å². The van der Waals surface area contributed by atoms with Gasteiger partial charge in [-0.25, -0.2) is 0 Å². The number of rotatable bonds is 0. The van der Waals surface area contributed by atoms with Crippen LogP contribution in [0.3, 0.4) is 0 Å². The quantitative estimate of drug-likeness (QED) is 0.659. The largest absolute Gasteiger partial charge is 0.345 e. The van der Waals surface area contributed by atoms with Crippen LogP contribution in [0.1, 0.15) is 0 Å². The van der Waals surface area contributed by atoms with Gasteiger partial charge in [0.1, 0.15) is 0 Å². The lowest BCUT2D eigenvalue weighted by Gasteiger charge is -2.05. The van der Waals surface area contributed by atoms with Crippen molar-refractivity contribution in [2.24, 2.45) is 0 Å². The Balaban J connectivity index is 2.00. The van der Waals surface area contributed by atoms with E-state index in [-0.39, 0.29) is 0 Å². The van der Waals surface area contributed by atoms with Gasteiger partial charge in [0.15, 0.2) is 0 Å². The van der Waals surface area contributed by atoms with Crippen molar-refractivity contribution in [1.29, 1.82) is 0 Å². The first kappa shape index (κ1) is 17.4. The van der Waals surface area contributed by atoms with Crippen LogP contribution < -0.4 is 10.6 Å². The van der Waals surface area contributed by atoms with Crippen molar-refractivity contribution in [3.05, 3.63) is 0 Å². The summed E-state index contributed by atoms with van der Waals surface area (Å²) in [5.41, 5.74) is 0. The van der Waals surface area contributed by atoms with E-state index >= 15 is 0 Å². The lowest BCUT2D eigenvalue weighted by Crippen LogP contribution is -2.85. The van der Waals surface area contributed by atoms with E-state index in [4.69, 9.17) is 0 Å². The van der Waals surface area contributed by atoms with Crippen LogP contribution in [-0.4, -0.2) is 72.2 Å². The van der Waals surface area contributed by atoms with Crippen molar-refractivity contribution in [2.45, 2.75) is 0 Å². The Kier molecular flexibility index (Phi) is 14.2. The van der Waals surface area contributed by atoms with Crippen LogP contribution in [0, 0.1) is 0 Å². The number of hydrogen-bond acceptors (Lipinski definition) is 4. The van der Waals surface area contributed by atoms with Crippen molar-refractivity contribution in [2.75, 3.05) is 72.2 Å². The van der Waals surface area contributed by atoms with Gasteiger partial charge in [0.25, 0.3) is 0 Å². The molecule has 0 bridgehead atoms. The molecular formula is C12H28N2S4+2. The third-order valence-electron chi connectivity index (χ3n) is 2.61. The van der Waals surface area contributed by atoms with Crippen LogP contribution in [0.25, 0.3) is 0 Å². The average molecular weight is 329 g/mol. The van der Waals surface area contributed by atoms with Crippen molar-refractivity contribution < 1.29 is 10.6 Å². The molecule has 0 radical (unpaired) electrons. The highest BCUT2D eigenvalue weighted by atomic mass is 32.2. The summed E-state index contributed by atoms with van der Waals surface area (Å²) in [6.07, 6.45) is 0. The van der Waals surface area contributed by atoms with E-state index in [2.05, 4.69) is 57.7 Å². The molecule has 0 aromatic carbocycles. The fraction of sp³-hybridized carbons (Fsp3) is 1.00. The molecule has 1 aliphatic rings. The van der Waals surface area contributed by atoms with Crippen molar-refractivity contribution in [3.8, 4) is 0 Å². The molecule has 0 aromatic heterocycles. The SMILES string of the molecule is C1CSCCSCC[NH2+]CCSCCSCC[NH2+]1. The number of hydrogen-bond donors (Lipinski definition) is 2. The van der Waals surface area contributed by atoms with E-state index < -0.39 is 0 Å². The molecule has 0 unspecified atom stereocenters. The maximum absolute atomic E-state index is 2.48. The third kappa shape index (κ3) is 12.4. The topological polar surface area (TPSA) is 33.2 Å².